The lowest BCUT2D eigenvalue weighted by atomic mass is 9.93. The summed E-state index contributed by atoms with van der Waals surface area (Å²) in [5.74, 6) is 0.108. The molecule has 0 aromatic heterocycles. The molecule has 0 bridgehead atoms. The largest absolute Gasteiger partial charge is 0.445 e. The van der Waals surface area contributed by atoms with Crippen molar-refractivity contribution in [1.29, 1.82) is 0 Å². The van der Waals surface area contributed by atoms with Gasteiger partial charge in [-0.25, -0.2) is 9.59 Å². The zero-order valence-corrected chi connectivity index (χ0v) is 26.8. The quantitative estimate of drug-likeness (QED) is 0.109. The van der Waals surface area contributed by atoms with Crippen molar-refractivity contribution in [2.45, 2.75) is 57.8 Å². The first-order valence-electron chi connectivity index (χ1n) is 16.3. The van der Waals surface area contributed by atoms with Gasteiger partial charge in [-0.2, -0.15) is 0 Å². The van der Waals surface area contributed by atoms with Gasteiger partial charge in [0.25, 0.3) is 0 Å². The minimum atomic E-state index is -0.623. The van der Waals surface area contributed by atoms with Crippen molar-refractivity contribution in [2.75, 3.05) is 13.1 Å². The Morgan fingerprint density at radius 1 is 0.532 bits per heavy atom. The highest BCUT2D eigenvalue weighted by molar-refractivity contribution is 5.77. The van der Waals surface area contributed by atoms with Crippen LogP contribution in [0.4, 0.5) is 9.59 Å². The topological polar surface area (TPSA) is 106 Å². The highest BCUT2D eigenvalue weighted by atomic mass is 16.6. The zero-order valence-electron chi connectivity index (χ0n) is 26.8. The summed E-state index contributed by atoms with van der Waals surface area (Å²) >= 11 is 0. The summed E-state index contributed by atoms with van der Waals surface area (Å²) < 4.78 is 10.7. The number of aryl methyl sites for hydroxylation is 2. The summed E-state index contributed by atoms with van der Waals surface area (Å²) in [5, 5.41) is 8.65. The van der Waals surface area contributed by atoms with E-state index in [9.17, 15) is 14.4 Å². The number of ether oxygens (including phenoxy) is 2. The molecule has 0 aliphatic heterocycles. The van der Waals surface area contributed by atoms with Crippen LogP contribution >= 0.6 is 0 Å². The Morgan fingerprint density at radius 2 is 0.979 bits per heavy atom. The predicted molar refractivity (Wildman–Crippen MR) is 183 cm³/mol. The molecule has 47 heavy (non-hydrogen) atoms. The second kappa shape index (κ2) is 20.1. The van der Waals surface area contributed by atoms with Crippen LogP contribution in [-0.2, 0) is 40.3 Å². The van der Waals surface area contributed by atoms with Crippen molar-refractivity contribution in [3.8, 4) is 0 Å². The first-order chi connectivity index (χ1) is 23.0. The number of rotatable bonds is 18. The Kier molecular flexibility index (Phi) is 14.9. The predicted octanol–water partition coefficient (Wildman–Crippen LogP) is 6.99. The molecule has 0 saturated heterocycles. The number of carbonyl (C=O) groups is 3. The van der Waals surface area contributed by atoms with Gasteiger partial charge in [0.05, 0.1) is 0 Å². The van der Waals surface area contributed by atoms with Crippen molar-refractivity contribution >= 4 is 18.1 Å². The molecule has 0 radical (unpaired) electrons. The maximum Gasteiger partial charge on any atom is 0.407 e. The number of hydrogen-bond acceptors (Lipinski definition) is 5. The van der Waals surface area contributed by atoms with E-state index in [0.29, 0.717) is 13.0 Å². The van der Waals surface area contributed by atoms with Crippen molar-refractivity contribution < 1.29 is 23.9 Å². The molecule has 1 atom stereocenters. The summed E-state index contributed by atoms with van der Waals surface area (Å²) in [7, 11) is 0. The molecule has 0 unspecified atom stereocenters. The van der Waals surface area contributed by atoms with Crippen molar-refractivity contribution in [1.82, 2.24) is 16.0 Å². The lowest BCUT2D eigenvalue weighted by Crippen LogP contribution is -2.42. The van der Waals surface area contributed by atoms with Crippen molar-refractivity contribution in [2.24, 2.45) is 5.92 Å². The molecule has 3 amide bonds. The first kappa shape index (κ1) is 34.8. The van der Waals surface area contributed by atoms with Crippen molar-refractivity contribution in [3.63, 3.8) is 0 Å². The third-order valence-corrected chi connectivity index (χ3v) is 7.90. The van der Waals surface area contributed by atoms with Crippen LogP contribution in [0.25, 0.3) is 0 Å². The lowest BCUT2D eigenvalue weighted by Gasteiger charge is -2.21. The number of amides is 3. The first-order valence-corrected chi connectivity index (χ1v) is 16.3. The zero-order chi connectivity index (χ0) is 32.9. The molecule has 0 fully saturated rings. The van der Waals surface area contributed by atoms with Crippen LogP contribution in [0.1, 0.15) is 47.9 Å². The van der Waals surface area contributed by atoms with E-state index in [2.05, 4.69) is 40.2 Å². The fraction of sp³-hybridized carbons (Fsp3) is 0.308. The van der Waals surface area contributed by atoms with Gasteiger partial charge in [-0.05, 0) is 60.3 Å². The van der Waals surface area contributed by atoms with Gasteiger partial charge in [0.15, 0.2) is 0 Å². The Balaban J connectivity index is 1.29. The van der Waals surface area contributed by atoms with Gasteiger partial charge < -0.3 is 25.4 Å². The second-order valence-electron chi connectivity index (χ2n) is 11.6. The van der Waals surface area contributed by atoms with E-state index in [1.807, 2.05) is 97.1 Å². The maximum absolute atomic E-state index is 13.2. The van der Waals surface area contributed by atoms with Crippen LogP contribution in [0.15, 0.2) is 121 Å². The van der Waals surface area contributed by atoms with Crippen LogP contribution in [0.2, 0.25) is 0 Å². The molecular formula is C39H45N3O5. The Bertz CT molecular complexity index is 1430. The molecule has 0 aliphatic rings. The molecule has 4 rings (SSSR count). The molecular weight excluding hydrogens is 590 g/mol. The molecule has 4 aromatic rings. The van der Waals surface area contributed by atoms with Crippen LogP contribution in [0, 0.1) is 5.92 Å². The maximum atomic E-state index is 13.2. The standard InChI is InChI=1S/C39H45N3O5/c43-37(41-28-33(23-21-31-13-5-1-6-14-31)24-22-32-15-7-2-8-16-32)27-36(42-39(45)47-30-35-19-11-4-12-20-35)25-26-40-38(44)46-29-34-17-9-3-10-18-34/h1-20,33,36H,21-30H2,(H,40,44)(H,41,43)(H,42,45)/t36-/m0/s1. The smallest absolute Gasteiger partial charge is 0.407 e. The molecule has 0 saturated carbocycles. The van der Waals surface area contributed by atoms with Crippen LogP contribution < -0.4 is 16.0 Å². The van der Waals surface area contributed by atoms with Gasteiger partial charge in [-0.15, -0.1) is 0 Å². The third kappa shape index (κ3) is 14.2. The number of carbonyl (C=O) groups excluding carboxylic acids is 3. The Morgan fingerprint density at radius 3 is 1.47 bits per heavy atom. The molecule has 246 valence electrons. The van der Waals surface area contributed by atoms with E-state index < -0.39 is 18.2 Å². The van der Waals surface area contributed by atoms with Gasteiger partial charge >= 0.3 is 12.2 Å². The van der Waals surface area contributed by atoms with Gasteiger partial charge in [0, 0.05) is 25.6 Å². The summed E-state index contributed by atoms with van der Waals surface area (Å²) in [5.41, 5.74) is 4.29. The van der Waals surface area contributed by atoms with Crippen molar-refractivity contribution in [3.05, 3.63) is 144 Å². The summed E-state index contributed by atoms with van der Waals surface area (Å²) in [6.07, 6.45) is 2.93. The van der Waals surface area contributed by atoms with Crippen LogP contribution in [0.5, 0.6) is 0 Å². The normalized spacial score (nSPS) is 11.3. The van der Waals surface area contributed by atoms with Gasteiger partial charge in [-0.1, -0.05) is 121 Å². The van der Waals surface area contributed by atoms with Gasteiger partial charge in [0.1, 0.15) is 13.2 Å². The van der Waals surface area contributed by atoms with E-state index in [-0.39, 0.29) is 38.0 Å². The average Bonchev–Trinajstić information content (AvgIpc) is 3.11. The number of alkyl carbamates (subject to hydrolysis) is 2. The number of benzene rings is 4. The highest BCUT2D eigenvalue weighted by Gasteiger charge is 2.19. The van der Waals surface area contributed by atoms with E-state index >= 15 is 0 Å². The Labute approximate surface area is 277 Å². The van der Waals surface area contributed by atoms with Crippen LogP contribution in [-0.4, -0.2) is 37.2 Å². The van der Waals surface area contributed by atoms with E-state index in [4.69, 9.17) is 9.47 Å². The van der Waals surface area contributed by atoms with Crippen LogP contribution in [0.3, 0.4) is 0 Å². The fourth-order valence-electron chi connectivity index (χ4n) is 5.21. The van der Waals surface area contributed by atoms with Gasteiger partial charge in [0.2, 0.25) is 5.91 Å². The minimum Gasteiger partial charge on any atom is -0.445 e. The molecule has 8 nitrogen and oxygen atoms in total. The SMILES string of the molecule is O=C(C[C@H](CCNC(=O)OCc1ccccc1)NC(=O)OCc1ccccc1)NCC(CCc1ccccc1)CCc1ccccc1. The molecule has 0 heterocycles. The third-order valence-electron chi connectivity index (χ3n) is 7.90. The summed E-state index contributed by atoms with van der Waals surface area (Å²) in [4.78, 5) is 38.2. The summed E-state index contributed by atoms with van der Waals surface area (Å²) in [6.45, 7) is 1.01. The highest BCUT2D eigenvalue weighted by Crippen LogP contribution is 2.17. The minimum absolute atomic E-state index is 0.0469. The molecule has 0 aliphatic carbocycles. The lowest BCUT2D eigenvalue weighted by molar-refractivity contribution is -0.121. The monoisotopic (exact) mass is 635 g/mol. The van der Waals surface area contributed by atoms with Gasteiger partial charge in [-0.3, -0.25) is 4.79 Å². The molecule has 8 heteroatoms. The molecule has 3 N–H and O–H groups in total. The Hall–Kier alpha value is -5.11. The summed E-state index contributed by atoms with van der Waals surface area (Å²) in [6, 6.07) is 39.0. The number of nitrogens with one attached hydrogen (secondary N) is 3. The van der Waals surface area contributed by atoms with E-state index in [1.165, 1.54) is 11.1 Å². The van der Waals surface area contributed by atoms with E-state index in [1.54, 1.807) is 0 Å². The fourth-order valence-corrected chi connectivity index (χ4v) is 5.21. The molecule has 4 aromatic carbocycles. The average molecular weight is 636 g/mol. The second-order valence-corrected chi connectivity index (χ2v) is 11.6. The molecule has 0 spiro atoms. The van der Waals surface area contributed by atoms with E-state index in [0.717, 1.165) is 36.8 Å². The number of hydrogen-bond donors (Lipinski definition) is 3.